The second kappa shape index (κ2) is 29.4. The van der Waals surface area contributed by atoms with Crippen molar-refractivity contribution < 1.29 is 52.1 Å². The molecule has 396 valence electrons. The summed E-state index contributed by atoms with van der Waals surface area (Å²) in [6, 6.07) is 70.4. The molecule has 11 heteroatoms. The number of hydrogen-bond donors (Lipinski definition) is 0. The molecule has 0 bridgehead atoms. The van der Waals surface area contributed by atoms with Crippen molar-refractivity contribution in [2.24, 2.45) is 0 Å². The third-order valence-electron chi connectivity index (χ3n) is 13.4. The van der Waals surface area contributed by atoms with Gasteiger partial charge in [0.1, 0.15) is 48.8 Å². The smallest absolute Gasteiger partial charge is 0.187 e. The van der Waals surface area contributed by atoms with Gasteiger partial charge in [-0.2, -0.15) is 0 Å². The van der Waals surface area contributed by atoms with Crippen molar-refractivity contribution in [2.75, 3.05) is 13.2 Å². The standard InChI is InChI=1S/C65H70O11/c1-3-48(2)74-65-63(72-45-55-37-23-10-24-38-55)61(70-43-53-33-19-8-20-34-53)59(68-41-51-29-15-6-16-30-51)57(76-65)47-73-64-62(71-44-54-35-21-9-22-36-54)60(69-42-52-31-17-7-18-32-52)58(67-40-50-27-13-5-14-28-50)56(75-64)46-66-39-49-25-11-4-12-26-49/h3-38,48,56-65H,1,39-47H2,2H3/t48?,56-,57-,58+,59+,60+,61+,62-,63-,64+,65-/m1/s1. The minimum atomic E-state index is -1.02. The molecule has 0 aliphatic carbocycles. The summed E-state index contributed by atoms with van der Waals surface area (Å²) >= 11 is 0. The molecule has 2 fully saturated rings. The van der Waals surface area contributed by atoms with E-state index in [-0.39, 0.29) is 46.2 Å². The highest BCUT2D eigenvalue weighted by molar-refractivity contribution is 5.19. The van der Waals surface area contributed by atoms with Crippen molar-refractivity contribution in [3.63, 3.8) is 0 Å². The van der Waals surface area contributed by atoms with Crippen LogP contribution in [0.4, 0.5) is 0 Å². The van der Waals surface area contributed by atoms with E-state index in [4.69, 9.17) is 52.1 Å². The summed E-state index contributed by atoms with van der Waals surface area (Å²) in [4.78, 5) is 0. The minimum Gasteiger partial charge on any atom is -0.374 e. The summed E-state index contributed by atoms with van der Waals surface area (Å²) in [5.41, 5.74) is 6.95. The lowest BCUT2D eigenvalue weighted by atomic mass is 9.96. The van der Waals surface area contributed by atoms with E-state index < -0.39 is 67.5 Å². The van der Waals surface area contributed by atoms with Crippen LogP contribution in [0.1, 0.15) is 45.9 Å². The molecule has 0 N–H and O–H groups in total. The molecule has 0 spiro atoms. The van der Waals surface area contributed by atoms with E-state index in [2.05, 4.69) is 6.58 Å². The van der Waals surface area contributed by atoms with E-state index in [0.717, 1.165) is 38.9 Å². The molecular formula is C65H70O11. The third-order valence-corrected chi connectivity index (χ3v) is 13.4. The Kier molecular flexibility index (Phi) is 21.1. The zero-order chi connectivity index (χ0) is 52.0. The molecule has 2 saturated heterocycles. The molecular weight excluding hydrogens is 957 g/mol. The SMILES string of the molecule is C=CC(C)O[C@@H]1O[C@H](CO[C@H]2O[C@H](COCc3ccccc3)[C@H](OCc3ccccc3)[C@H](OCc3ccccc3)[C@H]2OCc2ccccc2)[C@H](OCc2ccccc2)[C@H](OCc2ccccc2)[C@H]1OCc1ccccc1. The molecule has 1 unspecified atom stereocenters. The molecule has 0 radical (unpaired) electrons. The number of rotatable bonds is 28. The maximum absolute atomic E-state index is 7.14. The Morgan fingerprint density at radius 1 is 0.342 bits per heavy atom. The van der Waals surface area contributed by atoms with Gasteiger partial charge in [0.05, 0.1) is 65.6 Å². The van der Waals surface area contributed by atoms with Crippen LogP contribution in [0.2, 0.25) is 0 Å². The van der Waals surface area contributed by atoms with Crippen LogP contribution in [-0.2, 0) is 98.4 Å². The Labute approximate surface area is 448 Å². The minimum absolute atomic E-state index is 0.0349. The number of benzene rings is 7. The lowest BCUT2D eigenvalue weighted by Crippen LogP contribution is -2.64. The summed E-state index contributed by atoms with van der Waals surface area (Å²) in [5, 5.41) is 0. The first kappa shape index (κ1) is 54.6. The molecule has 2 aliphatic heterocycles. The van der Waals surface area contributed by atoms with Crippen LogP contribution in [0, 0.1) is 0 Å². The van der Waals surface area contributed by atoms with Crippen molar-refractivity contribution >= 4 is 0 Å². The molecule has 9 rings (SSSR count). The molecule has 7 aromatic rings. The molecule has 11 atom stereocenters. The van der Waals surface area contributed by atoms with Crippen LogP contribution in [-0.4, -0.2) is 80.7 Å². The first-order valence-corrected chi connectivity index (χ1v) is 26.3. The molecule has 7 aromatic carbocycles. The highest BCUT2D eigenvalue weighted by atomic mass is 16.8. The predicted octanol–water partition coefficient (Wildman–Crippen LogP) is 11.8. The van der Waals surface area contributed by atoms with Crippen molar-refractivity contribution in [1.29, 1.82) is 0 Å². The largest absolute Gasteiger partial charge is 0.374 e. The van der Waals surface area contributed by atoms with E-state index in [1.165, 1.54) is 0 Å². The first-order valence-electron chi connectivity index (χ1n) is 26.3. The molecule has 11 nitrogen and oxygen atoms in total. The van der Waals surface area contributed by atoms with E-state index in [9.17, 15) is 0 Å². The molecule has 2 heterocycles. The van der Waals surface area contributed by atoms with E-state index in [0.29, 0.717) is 13.2 Å². The van der Waals surface area contributed by atoms with Crippen LogP contribution >= 0.6 is 0 Å². The lowest BCUT2D eigenvalue weighted by molar-refractivity contribution is -0.355. The van der Waals surface area contributed by atoms with Gasteiger partial charge < -0.3 is 52.1 Å². The second-order valence-corrected chi connectivity index (χ2v) is 19.1. The van der Waals surface area contributed by atoms with Gasteiger partial charge in [0.2, 0.25) is 0 Å². The van der Waals surface area contributed by atoms with E-state index in [1.54, 1.807) is 6.08 Å². The van der Waals surface area contributed by atoms with Gasteiger partial charge in [0, 0.05) is 0 Å². The van der Waals surface area contributed by atoms with Gasteiger partial charge in [0.25, 0.3) is 0 Å². The Morgan fingerprint density at radius 2 is 0.618 bits per heavy atom. The molecule has 2 aliphatic rings. The fourth-order valence-corrected chi connectivity index (χ4v) is 9.33. The van der Waals surface area contributed by atoms with Gasteiger partial charge in [-0.25, -0.2) is 0 Å². The Morgan fingerprint density at radius 3 is 0.961 bits per heavy atom. The summed E-state index contributed by atoms with van der Waals surface area (Å²) in [5.74, 6) is 0. The van der Waals surface area contributed by atoms with Crippen LogP contribution in [0.3, 0.4) is 0 Å². The van der Waals surface area contributed by atoms with Crippen molar-refractivity contribution in [3.8, 4) is 0 Å². The van der Waals surface area contributed by atoms with Gasteiger partial charge in [-0.3, -0.25) is 0 Å². The number of hydrogen-bond acceptors (Lipinski definition) is 11. The fourth-order valence-electron chi connectivity index (χ4n) is 9.33. The van der Waals surface area contributed by atoms with E-state index >= 15 is 0 Å². The highest BCUT2D eigenvalue weighted by Crippen LogP contribution is 2.35. The highest BCUT2D eigenvalue weighted by Gasteiger charge is 2.52. The predicted molar refractivity (Wildman–Crippen MR) is 290 cm³/mol. The van der Waals surface area contributed by atoms with Gasteiger partial charge >= 0.3 is 0 Å². The zero-order valence-corrected chi connectivity index (χ0v) is 43.2. The summed E-state index contributed by atoms with van der Waals surface area (Å²) in [7, 11) is 0. The molecule has 0 amide bonds. The van der Waals surface area contributed by atoms with Crippen LogP contribution in [0.25, 0.3) is 0 Å². The van der Waals surface area contributed by atoms with Crippen molar-refractivity contribution in [2.45, 2.75) is 121 Å². The zero-order valence-electron chi connectivity index (χ0n) is 43.2. The second-order valence-electron chi connectivity index (χ2n) is 19.1. The normalized spacial score (nSPS) is 23.9. The molecule has 0 aromatic heterocycles. The Balaban J connectivity index is 1.07. The quantitative estimate of drug-likeness (QED) is 0.0438. The monoisotopic (exact) mass is 1030 g/mol. The maximum Gasteiger partial charge on any atom is 0.187 e. The van der Waals surface area contributed by atoms with Crippen LogP contribution in [0.15, 0.2) is 225 Å². The Hall–Kier alpha value is -6.16. The summed E-state index contributed by atoms with van der Waals surface area (Å²) < 4.78 is 76.4. The molecule has 76 heavy (non-hydrogen) atoms. The first-order chi connectivity index (χ1) is 37.6. The number of ether oxygens (including phenoxy) is 11. The van der Waals surface area contributed by atoms with E-state index in [1.807, 2.05) is 219 Å². The maximum atomic E-state index is 7.14. The van der Waals surface area contributed by atoms with Gasteiger partial charge in [-0.05, 0) is 45.9 Å². The van der Waals surface area contributed by atoms with Crippen molar-refractivity contribution in [3.05, 3.63) is 264 Å². The summed E-state index contributed by atoms with van der Waals surface area (Å²) in [6.07, 6.45) is -6.49. The van der Waals surface area contributed by atoms with Gasteiger partial charge in [0.15, 0.2) is 12.6 Å². The third kappa shape index (κ3) is 16.2. The Bertz CT molecular complexity index is 2670. The van der Waals surface area contributed by atoms with Crippen LogP contribution in [0.5, 0.6) is 0 Å². The average molecular weight is 1030 g/mol. The lowest BCUT2D eigenvalue weighted by Gasteiger charge is -2.48. The van der Waals surface area contributed by atoms with Crippen molar-refractivity contribution in [1.82, 2.24) is 0 Å². The fraction of sp³-hybridized carbons (Fsp3) is 0.323. The topological polar surface area (TPSA) is 102 Å². The van der Waals surface area contributed by atoms with Gasteiger partial charge in [-0.15, -0.1) is 6.58 Å². The molecule has 0 saturated carbocycles. The van der Waals surface area contributed by atoms with Gasteiger partial charge in [-0.1, -0.05) is 218 Å². The average Bonchev–Trinajstić information content (AvgIpc) is 3.49. The van der Waals surface area contributed by atoms with Crippen LogP contribution < -0.4 is 0 Å². The summed E-state index contributed by atoms with van der Waals surface area (Å²) in [6.45, 7) is 8.08.